The fourth-order valence-electron chi connectivity index (χ4n) is 3.24. The molecular weight excluding hydrogens is 350 g/mol. The van der Waals surface area contributed by atoms with Gasteiger partial charge >= 0.3 is 0 Å². The fraction of sp³-hybridized carbons (Fsp3) is 0.0455. The van der Waals surface area contributed by atoms with E-state index in [9.17, 15) is 4.79 Å². The number of rotatable bonds is 3. The number of aromatic nitrogens is 4. The van der Waals surface area contributed by atoms with Gasteiger partial charge in [-0.05, 0) is 43.3 Å². The SMILES string of the molecule is Cc1ccc(Nc2nn3c(=O)c4ccccc4nc3n2-c2ccccc2)cc1. The van der Waals surface area contributed by atoms with Crippen LogP contribution in [-0.4, -0.2) is 19.2 Å². The highest BCUT2D eigenvalue weighted by Crippen LogP contribution is 2.22. The molecule has 0 aliphatic carbocycles. The van der Waals surface area contributed by atoms with E-state index in [0.717, 1.165) is 11.4 Å². The Morgan fingerprint density at radius 3 is 2.36 bits per heavy atom. The first-order chi connectivity index (χ1) is 13.7. The summed E-state index contributed by atoms with van der Waals surface area (Å²) in [6.45, 7) is 2.04. The predicted octanol–water partition coefficient (Wildman–Crippen LogP) is 4.09. The number of fused-ring (bicyclic) bond motifs is 2. The molecule has 28 heavy (non-hydrogen) atoms. The van der Waals surface area contributed by atoms with Gasteiger partial charge in [-0.3, -0.25) is 4.79 Å². The van der Waals surface area contributed by atoms with E-state index in [0.29, 0.717) is 22.6 Å². The first-order valence-electron chi connectivity index (χ1n) is 9.00. The Bertz CT molecular complexity index is 1350. The molecule has 1 N–H and O–H groups in total. The summed E-state index contributed by atoms with van der Waals surface area (Å²) < 4.78 is 3.21. The van der Waals surface area contributed by atoms with Gasteiger partial charge in [-0.25, -0.2) is 9.55 Å². The third kappa shape index (κ3) is 2.63. The number of hydrogen-bond acceptors (Lipinski definition) is 4. The van der Waals surface area contributed by atoms with Gasteiger partial charge in [0.2, 0.25) is 11.7 Å². The molecule has 0 aliphatic heterocycles. The number of nitrogens with zero attached hydrogens (tertiary/aromatic N) is 4. The second-order valence-electron chi connectivity index (χ2n) is 6.63. The lowest BCUT2D eigenvalue weighted by molar-refractivity contribution is 0.917. The van der Waals surface area contributed by atoms with Crippen molar-refractivity contribution in [1.29, 1.82) is 0 Å². The third-order valence-corrected chi connectivity index (χ3v) is 4.67. The Hall–Kier alpha value is -3.93. The summed E-state index contributed by atoms with van der Waals surface area (Å²) in [5.74, 6) is 0.986. The number of anilines is 2. The molecule has 0 radical (unpaired) electrons. The lowest BCUT2D eigenvalue weighted by Gasteiger charge is -2.09. The highest BCUT2D eigenvalue weighted by molar-refractivity contribution is 5.79. The minimum absolute atomic E-state index is 0.192. The largest absolute Gasteiger partial charge is 0.324 e. The molecule has 3 aromatic carbocycles. The molecule has 0 amide bonds. The van der Waals surface area contributed by atoms with Gasteiger partial charge in [-0.2, -0.15) is 4.52 Å². The van der Waals surface area contributed by atoms with Crippen LogP contribution in [0.1, 0.15) is 5.56 Å². The van der Waals surface area contributed by atoms with E-state index in [2.05, 4.69) is 10.4 Å². The van der Waals surface area contributed by atoms with E-state index in [4.69, 9.17) is 4.98 Å². The summed E-state index contributed by atoms with van der Waals surface area (Å²) in [7, 11) is 0. The average molecular weight is 367 g/mol. The van der Waals surface area contributed by atoms with Crippen molar-refractivity contribution in [2.75, 3.05) is 5.32 Å². The molecule has 6 heteroatoms. The van der Waals surface area contributed by atoms with Crippen LogP contribution >= 0.6 is 0 Å². The lowest BCUT2D eigenvalue weighted by atomic mass is 10.2. The second-order valence-corrected chi connectivity index (χ2v) is 6.63. The van der Waals surface area contributed by atoms with Crippen molar-refractivity contribution in [2.24, 2.45) is 0 Å². The molecule has 5 aromatic rings. The standard InChI is InChI=1S/C22H17N5O/c1-15-11-13-16(14-12-15)23-21-25-27-20(28)18-9-5-6-10-19(18)24-22(27)26(21)17-7-3-2-4-8-17/h2-14H,1H3,(H,23,25). The van der Waals surface area contributed by atoms with Crippen LogP contribution in [0.4, 0.5) is 11.6 Å². The van der Waals surface area contributed by atoms with E-state index in [1.807, 2.05) is 84.3 Å². The maximum atomic E-state index is 13.0. The zero-order valence-electron chi connectivity index (χ0n) is 15.2. The van der Waals surface area contributed by atoms with E-state index in [1.54, 1.807) is 6.07 Å². The monoisotopic (exact) mass is 367 g/mol. The summed E-state index contributed by atoms with van der Waals surface area (Å²) in [5, 5.41) is 8.41. The van der Waals surface area contributed by atoms with Crippen molar-refractivity contribution < 1.29 is 0 Å². The highest BCUT2D eigenvalue weighted by atomic mass is 16.1. The van der Waals surface area contributed by atoms with Gasteiger partial charge in [0.05, 0.1) is 16.6 Å². The molecule has 136 valence electrons. The highest BCUT2D eigenvalue weighted by Gasteiger charge is 2.17. The first kappa shape index (κ1) is 16.3. The van der Waals surface area contributed by atoms with E-state index in [1.165, 1.54) is 10.1 Å². The van der Waals surface area contributed by atoms with Crippen LogP contribution in [0.25, 0.3) is 22.4 Å². The normalized spacial score (nSPS) is 11.2. The summed E-state index contributed by atoms with van der Waals surface area (Å²) in [6, 6.07) is 25.1. The van der Waals surface area contributed by atoms with Crippen molar-refractivity contribution in [3.63, 3.8) is 0 Å². The lowest BCUT2D eigenvalue weighted by Crippen LogP contribution is -2.16. The quantitative estimate of drug-likeness (QED) is 0.522. The third-order valence-electron chi connectivity index (χ3n) is 4.67. The van der Waals surface area contributed by atoms with Crippen molar-refractivity contribution >= 4 is 28.3 Å². The van der Waals surface area contributed by atoms with Crippen LogP contribution in [0.15, 0.2) is 83.7 Å². The Balaban J connectivity index is 1.80. The minimum Gasteiger partial charge on any atom is -0.324 e. The molecule has 6 nitrogen and oxygen atoms in total. The van der Waals surface area contributed by atoms with Crippen LogP contribution in [0.2, 0.25) is 0 Å². The van der Waals surface area contributed by atoms with Crippen LogP contribution < -0.4 is 10.9 Å². The van der Waals surface area contributed by atoms with Gasteiger partial charge < -0.3 is 5.32 Å². The molecule has 5 rings (SSSR count). The number of benzene rings is 3. The molecule has 2 aromatic heterocycles. The fourth-order valence-corrected chi connectivity index (χ4v) is 3.24. The van der Waals surface area contributed by atoms with Crippen LogP contribution in [0.3, 0.4) is 0 Å². The molecule has 0 bridgehead atoms. The Morgan fingerprint density at radius 1 is 0.857 bits per heavy atom. The molecule has 0 aliphatic rings. The number of hydrogen-bond donors (Lipinski definition) is 1. The molecule has 0 spiro atoms. The van der Waals surface area contributed by atoms with Gasteiger partial charge in [0.25, 0.3) is 5.56 Å². The maximum Gasteiger partial charge on any atom is 0.283 e. The molecule has 0 saturated carbocycles. The number of aryl methyl sites for hydroxylation is 1. The van der Waals surface area contributed by atoms with Crippen molar-refractivity contribution in [2.45, 2.75) is 6.92 Å². The van der Waals surface area contributed by atoms with Gasteiger partial charge in [0.15, 0.2) is 0 Å². The molecule has 0 atom stereocenters. The Labute approximate surface area is 160 Å². The summed E-state index contributed by atoms with van der Waals surface area (Å²) in [6.07, 6.45) is 0. The molecule has 2 heterocycles. The summed E-state index contributed by atoms with van der Waals surface area (Å²) in [4.78, 5) is 17.7. The smallest absolute Gasteiger partial charge is 0.283 e. The summed E-state index contributed by atoms with van der Waals surface area (Å²) >= 11 is 0. The Kier molecular flexibility index (Phi) is 3.69. The van der Waals surface area contributed by atoms with Crippen molar-refractivity contribution in [1.82, 2.24) is 19.2 Å². The molecule has 0 fully saturated rings. The Morgan fingerprint density at radius 2 is 1.57 bits per heavy atom. The predicted molar refractivity (Wildman–Crippen MR) is 111 cm³/mol. The van der Waals surface area contributed by atoms with E-state index < -0.39 is 0 Å². The molecule has 0 saturated heterocycles. The first-order valence-corrected chi connectivity index (χ1v) is 9.00. The van der Waals surface area contributed by atoms with E-state index >= 15 is 0 Å². The zero-order valence-corrected chi connectivity index (χ0v) is 15.2. The number of para-hydroxylation sites is 2. The molecule has 0 unspecified atom stereocenters. The van der Waals surface area contributed by atoms with Crippen molar-refractivity contribution in [3.8, 4) is 5.69 Å². The van der Waals surface area contributed by atoms with Crippen LogP contribution in [-0.2, 0) is 0 Å². The van der Waals surface area contributed by atoms with Gasteiger partial charge in [0.1, 0.15) is 0 Å². The average Bonchev–Trinajstić information content (AvgIpc) is 3.09. The van der Waals surface area contributed by atoms with Crippen molar-refractivity contribution in [3.05, 3.63) is 94.8 Å². The van der Waals surface area contributed by atoms with Gasteiger partial charge in [0, 0.05) is 5.69 Å². The van der Waals surface area contributed by atoms with Gasteiger partial charge in [-0.15, -0.1) is 5.10 Å². The topological polar surface area (TPSA) is 64.2 Å². The summed E-state index contributed by atoms with van der Waals surface area (Å²) in [5.41, 5.74) is 3.38. The van der Waals surface area contributed by atoms with Gasteiger partial charge in [-0.1, -0.05) is 48.0 Å². The number of nitrogens with one attached hydrogen (secondary N) is 1. The maximum absolute atomic E-state index is 13.0. The van der Waals surface area contributed by atoms with Crippen LogP contribution in [0.5, 0.6) is 0 Å². The molecular formula is C22H17N5O. The second kappa shape index (κ2) is 6.35. The minimum atomic E-state index is -0.192. The van der Waals surface area contributed by atoms with E-state index in [-0.39, 0.29) is 5.56 Å². The zero-order chi connectivity index (χ0) is 19.1. The van der Waals surface area contributed by atoms with Crippen LogP contribution in [0, 0.1) is 6.92 Å².